The number of benzene rings is 4. The molecule has 0 saturated heterocycles. The van der Waals surface area contributed by atoms with E-state index in [0.717, 1.165) is 0 Å². The Balaban J connectivity index is 0.00000350. The Bertz CT molecular complexity index is 2870. The van der Waals surface area contributed by atoms with E-state index in [2.05, 4.69) is 46.5 Å². The SMILES string of the molecule is Nc1nc2ncc(CNc3ccc(C(=O)NC(CCC(=O)NCCNC(=S)Nc4ccc5c(c4)C(=O)OC54c5ccc([O-])cc5Oc5cc(O)ccc54)C(=O)[O-])cc3)nc2c(=O)[nH]1.[Na+].[Na+]. The zero-order valence-corrected chi connectivity index (χ0v) is 39.5. The van der Waals surface area contributed by atoms with Crippen LogP contribution in [0.3, 0.4) is 0 Å². The van der Waals surface area contributed by atoms with Crippen LogP contribution in [0.15, 0.2) is 89.9 Å². The molecule has 2 amide bonds. The van der Waals surface area contributed by atoms with Crippen molar-refractivity contribution in [2.45, 2.75) is 31.0 Å². The zero-order valence-electron chi connectivity index (χ0n) is 34.6. The molecule has 2 unspecified atom stereocenters. The number of aromatic amines is 1. The second-order valence-corrected chi connectivity index (χ2v) is 14.7. The molecular formula is C42H34N10Na2O10S. The molecule has 4 aromatic carbocycles. The van der Waals surface area contributed by atoms with E-state index in [1.54, 1.807) is 42.5 Å². The fraction of sp³-hybridized carbons (Fsp3) is 0.167. The Morgan fingerprint density at radius 1 is 0.892 bits per heavy atom. The summed E-state index contributed by atoms with van der Waals surface area (Å²) in [6, 6.07) is 18.3. The Hall–Kier alpha value is -6.33. The number of carbonyl (C=O) groups is 4. The number of aromatic nitrogens is 4. The summed E-state index contributed by atoms with van der Waals surface area (Å²) in [5.41, 5.74) is 7.01. The molecular weight excluding hydrogens is 883 g/mol. The summed E-state index contributed by atoms with van der Waals surface area (Å²) in [6.07, 6.45) is 0.973. The Morgan fingerprint density at radius 2 is 1.58 bits per heavy atom. The fourth-order valence-corrected chi connectivity index (χ4v) is 7.39. The number of anilines is 3. The maximum Gasteiger partial charge on any atom is 1.00 e. The smallest absolute Gasteiger partial charge is 0.872 e. The molecule has 20 nitrogen and oxygen atoms in total. The molecule has 320 valence electrons. The number of fused-ring (bicyclic) bond motifs is 7. The van der Waals surface area contributed by atoms with Gasteiger partial charge in [-0.3, -0.25) is 19.4 Å². The van der Waals surface area contributed by atoms with Gasteiger partial charge in [0, 0.05) is 59.2 Å². The molecule has 0 aliphatic carbocycles. The molecule has 9 N–H and O–H groups in total. The molecule has 23 heteroatoms. The number of amides is 2. The number of aliphatic carboxylic acids is 1. The van der Waals surface area contributed by atoms with E-state index in [1.165, 1.54) is 42.6 Å². The van der Waals surface area contributed by atoms with Crippen LogP contribution in [0, 0.1) is 0 Å². The number of phenolic OH excluding ortho intramolecular Hbond substituents is 1. The predicted octanol–water partition coefficient (Wildman–Crippen LogP) is -5.01. The largest absolute Gasteiger partial charge is 1.00 e. The van der Waals surface area contributed by atoms with E-state index in [4.69, 9.17) is 27.4 Å². The Labute approximate surface area is 417 Å². The first-order valence-corrected chi connectivity index (χ1v) is 19.6. The van der Waals surface area contributed by atoms with Gasteiger partial charge in [-0.05, 0) is 73.2 Å². The van der Waals surface area contributed by atoms with E-state index in [-0.39, 0.29) is 148 Å². The number of ether oxygens (including phenoxy) is 2. The Morgan fingerprint density at radius 3 is 2.34 bits per heavy atom. The number of aromatic hydroxyl groups is 1. The van der Waals surface area contributed by atoms with Crippen molar-refractivity contribution in [2.24, 2.45) is 0 Å². The van der Waals surface area contributed by atoms with Crippen LogP contribution < -0.4 is 112 Å². The number of rotatable bonds is 13. The minimum Gasteiger partial charge on any atom is -0.872 e. The summed E-state index contributed by atoms with van der Waals surface area (Å²) in [7, 11) is 0. The third-order valence-electron chi connectivity index (χ3n) is 10.1. The fourth-order valence-electron chi connectivity index (χ4n) is 7.17. The van der Waals surface area contributed by atoms with Crippen molar-refractivity contribution in [1.29, 1.82) is 0 Å². The summed E-state index contributed by atoms with van der Waals surface area (Å²) in [6.45, 7) is 0.486. The number of hydrogen-bond acceptors (Lipinski definition) is 16. The number of thiocarbonyl (C=S) groups is 1. The normalized spacial score (nSPS) is 14.4. The third kappa shape index (κ3) is 10.3. The topological polar surface area (TPSA) is 311 Å². The van der Waals surface area contributed by atoms with Crippen LogP contribution in [0.25, 0.3) is 11.2 Å². The summed E-state index contributed by atoms with van der Waals surface area (Å²) >= 11 is 5.42. The predicted molar refractivity (Wildman–Crippen MR) is 225 cm³/mol. The molecule has 0 radical (unpaired) electrons. The number of nitrogens with zero attached hydrogens (tertiary/aromatic N) is 3. The van der Waals surface area contributed by atoms with Crippen LogP contribution in [0.2, 0.25) is 0 Å². The maximum absolute atomic E-state index is 13.4. The molecule has 8 rings (SSSR count). The van der Waals surface area contributed by atoms with Gasteiger partial charge in [0.25, 0.3) is 11.5 Å². The van der Waals surface area contributed by atoms with Crippen molar-refractivity contribution in [1.82, 2.24) is 35.9 Å². The molecule has 0 bridgehead atoms. The third-order valence-corrected chi connectivity index (χ3v) is 10.4. The quantitative estimate of drug-likeness (QED) is 0.0233. The molecule has 2 atom stereocenters. The second kappa shape index (κ2) is 20.2. The van der Waals surface area contributed by atoms with Gasteiger partial charge in [0.05, 0.1) is 36.0 Å². The molecule has 0 saturated carbocycles. The summed E-state index contributed by atoms with van der Waals surface area (Å²) in [4.78, 5) is 77.5. The summed E-state index contributed by atoms with van der Waals surface area (Å²) in [5.74, 6) is -3.39. The number of phenols is 1. The van der Waals surface area contributed by atoms with Crippen LogP contribution in [0.1, 0.15) is 55.9 Å². The van der Waals surface area contributed by atoms with Crippen LogP contribution in [-0.4, -0.2) is 73.0 Å². The number of nitrogens with one attached hydrogen (secondary N) is 6. The minimum absolute atomic E-state index is 0. The molecule has 6 aromatic rings. The molecule has 2 aliphatic heterocycles. The van der Waals surface area contributed by atoms with Gasteiger partial charge in [0.2, 0.25) is 11.9 Å². The number of carbonyl (C=O) groups excluding carboxylic acids is 4. The minimum atomic E-state index is -1.56. The number of carboxylic acids is 1. The first kappa shape index (κ1) is 48.1. The first-order chi connectivity index (χ1) is 30.3. The van der Waals surface area contributed by atoms with Crippen LogP contribution in [-0.2, 0) is 26.5 Å². The van der Waals surface area contributed by atoms with Gasteiger partial charge in [-0.25, -0.2) is 14.8 Å². The maximum atomic E-state index is 13.4. The van der Waals surface area contributed by atoms with Crippen molar-refractivity contribution >= 4 is 69.6 Å². The van der Waals surface area contributed by atoms with Crippen molar-refractivity contribution in [3.05, 3.63) is 129 Å². The summed E-state index contributed by atoms with van der Waals surface area (Å²) < 4.78 is 12.0. The van der Waals surface area contributed by atoms with Crippen molar-refractivity contribution in [3.63, 3.8) is 0 Å². The molecule has 2 aliphatic rings. The van der Waals surface area contributed by atoms with Crippen molar-refractivity contribution in [2.75, 3.05) is 29.5 Å². The summed E-state index contributed by atoms with van der Waals surface area (Å²) in [5, 5.41) is 48.4. The van der Waals surface area contributed by atoms with Gasteiger partial charge >= 0.3 is 65.1 Å². The monoisotopic (exact) mass is 916 g/mol. The van der Waals surface area contributed by atoms with E-state index in [0.29, 0.717) is 33.8 Å². The number of hydrogen-bond donors (Lipinski definition) is 8. The van der Waals surface area contributed by atoms with Crippen molar-refractivity contribution in [3.8, 4) is 23.0 Å². The molecule has 4 heterocycles. The number of nitrogen functional groups attached to an aromatic ring is 1. The number of carboxylic acid groups (broad SMARTS) is 1. The number of esters is 1. The van der Waals surface area contributed by atoms with Gasteiger partial charge in [-0.2, -0.15) is 4.98 Å². The van der Waals surface area contributed by atoms with Crippen LogP contribution in [0.4, 0.5) is 17.3 Å². The van der Waals surface area contributed by atoms with Gasteiger partial charge in [-0.15, -0.1) is 5.75 Å². The van der Waals surface area contributed by atoms with Crippen molar-refractivity contribution < 1.29 is 103 Å². The average Bonchev–Trinajstić information content (AvgIpc) is 3.53. The van der Waals surface area contributed by atoms with Crippen LogP contribution >= 0.6 is 12.2 Å². The van der Waals surface area contributed by atoms with E-state index < -0.39 is 41.0 Å². The number of nitrogens with two attached hydrogens (primary N) is 1. The first-order valence-electron chi connectivity index (χ1n) is 19.2. The second-order valence-electron chi connectivity index (χ2n) is 14.3. The van der Waals surface area contributed by atoms with E-state index in [1.807, 2.05) is 0 Å². The van der Waals surface area contributed by atoms with Crippen LogP contribution in [0.5, 0.6) is 23.0 Å². The van der Waals surface area contributed by atoms with Gasteiger partial charge in [-0.1, -0.05) is 18.2 Å². The standard InChI is InChI=1S/C42H36N10O10S.2Na/c43-40-51-35-34(37(57)52-40)48-23(19-47-35)18-46-21-3-1-20(2-4-21)36(56)50-30(38(58)59)11-12-33(55)44-13-14-45-41(63)49-22-5-8-27-26(15-22)39(60)62-42(27)28-9-6-24(53)16-31(28)61-32-17-25(54)7-10-29(32)42;;/h1-10,15-17,19,30,46,53-54H,11-14,18H2,(H,44,55)(H,50,56)(H,58,59)(H2,45,49,63)(H3,43,47,51,52,57);;/q;2*+1/p-2. The Kier molecular flexibility index (Phi) is 15.0. The molecule has 0 fully saturated rings. The van der Waals surface area contributed by atoms with Gasteiger partial charge in [0.1, 0.15) is 17.2 Å². The van der Waals surface area contributed by atoms with Gasteiger partial charge < -0.3 is 61.9 Å². The van der Waals surface area contributed by atoms with Gasteiger partial charge in [0.15, 0.2) is 21.9 Å². The average molecular weight is 917 g/mol. The van der Waals surface area contributed by atoms with E-state index in [9.17, 15) is 39.3 Å². The molecule has 1 spiro atoms. The molecule has 2 aromatic heterocycles. The molecule has 65 heavy (non-hydrogen) atoms. The zero-order chi connectivity index (χ0) is 44.4. The van der Waals surface area contributed by atoms with E-state index >= 15 is 0 Å². The number of H-pyrrole nitrogens is 1.